The molecule has 1 unspecified atom stereocenters. The molecule has 1 rings (SSSR count). The quantitative estimate of drug-likeness (QED) is 0.825. The molecule has 2 N–H and O–H groups in total. The predicted octanol–water partition coefficient (Wildman–Crippen LogP) is 0.609. The molecule has 0 aromatic carbocycles. The Balaban J connectivity index is 2.71. The lowest BCUT2D eigenvalue weighted by Gasteiger charge is -2.23. The molecular formula is C13H23N3O2. The first kappa shape index (κ1) is 14.9. The second-order valence-electron chi connectivity index (χ2n) is 5.72. The fraction of sp³-hybridized carbons (Fsp3) is 0.692. The van der Waals surface area contributed by atoms with Crippen LogP contribution in [0, 0.1) is 13.8 Å². The van der Waals surface area contributed by atoms with Crippen LogP contribution in [0.4, 0.5) is 0 Å². The first-order chi connectivity index (χ1) is 8.19. The molecule has 0 fully saturated rings. The molecule has 0 aliphatic carbocycles. The molecule has 0 saturated carbocycles. The maximum absolute atomic E-state index is 11.7. The van der Waals surface area contributed by atoms with Gasteiger partial charge in [0.25, 0.3) is 0 Å². The van der Waals surface area contributed by atoms with Crippen LogP contribution in [0.3, 0.4) is 0 Å². The minimum atomic E-state index is -0.606. The van der Waals surface area contributed by atoms with Gasteiger partial charge in [-0.3, -0.25) is 4.57 Å². The third-order valence-electron chi connectivity index (χ3n) is 2.61. The summed E-state index contributed by atoms with van der Waals surface area (Å²) in [5.74, 6) is 0. The van der Waals surface area contributed by atoms with E-state index in [4.69, 9.17) is 0 Å². The number of aromatic nitrogens is 2. The molecule has 1 heterocycles. The van der Waals surface area contributed by atoms with E-state index in [2.05, 4.69) is 10.3 Å². The summed E-state index contributed by atoms with van der Waals surface area (Å²) in [6, 6.07) is 1.84. The number of nitrogens with one attached hydrogen (secondary N) is 1. The summed E-state index contributed by atoms with van der Waals surface area (Å²) in [7, 11) is 0. The van der Waals surface area contributed by atoms with E-state index in [9.17, 15) is 9.90 Å². The van der Waals surface area contributed by atoms with Gasteiger partial charge in [0, 0.05) is 23.5 Å². The van der Waals surface area contributed by atoms with E-state index in [0.29, 0.717) is 12.2 Å². The van der Waals surface area contributed by atoms with Gasteiger partial charge in [0.15, 0.2) is 0 Å². The molecular weight excluding hydrogens is 230 g/mol. The number of aliphatic hydroxyl groups is 1. The third-order valence-corrected chi connectivity index (χ3v) is 2.61. The van der Waals surface area contributed by atoms with Crippen LogP contribution in [0.25, 0.3) is 0 Å². The summed E-state index contributed by atoms with van der Waals surface area (Å²) in [6.45, 7) is 10.4. The van der Waals surface area contributed by atoms with Gasteiger partial charge in [-0.2, -0.15) is 4.98 Å². The zero-order chi connectivity index (χ0) is 13.9. The van der Waals surface area contributed by atoms with Crippen molar-refractivity contribution >= 4 is 0 Å². The lowest BCUT2D eigenvalue weighted by Crippen LogP contribution is -2.43. The molecule has 0 saturated heterocycles. The normalized spacial score (nSPS) is 13.7. The summed E-state index contributed by atoms with van der Waals surface area (Å²) >= 11 is 0. The Hall–Kier alpha value is -1.20. The van der Waals surface area contributed by atoms with Crippen LogP contribution in [0.5, 0.6) is 0 Å². The Bertz CT molecular complexity index is 460. The van der Waals surface area contributed by atoms with Crippen LogP contribution in [0.15, 0.2) is 10.9 Å². The van der Waals surface area contributed by atoms with Crippen molar-refractivity contribution in [3.05, 3.63) is 27.9 Å². The fourth-order valence-electron chi connectivity index (χ4n) is 1.70. The summed E-state index contributed by atoms with van der Waals surface area (Å²) in [4.78, 5) is 15.6. The second-order valence-corrected chi connectivity index (χ2v) is 5.72. The van der Waals surface area contributed by atoms with E-state index in [1.54, 1.807) is 6.92 Å². The van der Waals surface area contributed by atoms with Gasteiger partial charge in [-0.1, -0.05) is 0 Å². The van der Waals surface area contributed by atoms with Crippen LogP contribution >= 0.6 is 0 Å². The van der Waals surface area contributed by atoms with Gasteiger partial charge in [0.1, 0.15) is 0 Å². The number of aryl methyl sites for hydroxylation is 2. The average Bonchev–Trinajstić information content (AvgIpc) is 2.19. The zero-order valence-corrected chi connectivity index (χ0v) is 11.8. The summed E-state index contributed by atoms with van der Waals surface area (Å²) < 4.78 is 1.50. The van der Waals surface area contributed by atoms with E-state index in [1.807, 2.05) is 33.8 Å². The molecule has 0 aliphatic rings. The molecule has 0 bridgehead atoms. The maximum Gasteiger partial charge on any atom is 0.348 e. The molecule has 1 aromatic rings. The van der Waals surface area contributed by atoms with Gasteiger partial charge in [-0.15, -0.1) is 0 Å². The number of hydrogen-bond acceptors (Lipinski definition) is 4. The fourth-order valence-corrected chi connectivity index (χ4v) is 1.70. The molecule has 102 valence electrons. The Morgan fingerprint density at radius 2 is 2.06 bits per heavy atom. The molecule has 5 nitrogen and oxygen atoms in total. The van der Waals surface area contributed by atoms with Crippen LogP contribution < -0.4 is 11.0 Å². The topological polar surface area (TPSA) is 67.2 Å². The molecule has 1 atom stereocenters. The highest BCUT2D eigenvalue weighted by Crippen LogP contribution is 2.01. The predicted molar refractivity (Wildman–Crippen MR) is 71.7 cm³/mol. The maximum atomic E-state index is 11.7. The van der Waals surface area contributed by atoms with E-state index in [-0.39, 0.29) is 17.8 Å². The SMILES string of the molecule is Cc1cc(C)n(CC(O)CNC(C)(C)C)c(=O)n1. The first-order valence-corrected chi connectivity index (χ1v) is 6.17. The van der Waals surface area contributed by atoms with Gasteiger partial charge in [-0.25, -0.2) is 4.79 Å². The number of aliphatic hydroxyl groups excluding tert-OH is 1. The summed E-state index contributed by atoms with van der Waals surface area (Å²) in [5, 5.41) is 13.1. The minimum absolute atomic E-state index is 0.0491. The van der Waals surface area contributed by atoms with Crippen molar-refractivity contribution in [3.63, 3.8) is 0 Å². The standard InChI is InChI=1S/C13H23N3O2/c1-9-6-10(2)16(12(18)15-9)8-11(17)7-14-13(3,4)5/h6,11,14,17H,7-8H2,1-5H3. The van der Waals surface area contributed by atoms with E-state index in [1.165, 1.54) is 4.57 Å². The lowest BCUT2D eigenvalue weighted by molar-refractivity contribution is 0.139. The zero-order valence-electron chi connectivity index (χ0n) is 11.8. The van der Waals surface area contributed by atoms with Crippen LogP contribution in [0.1, 0.15) is 32.2 Å². The van der Waals surface area contributed by atoms with Crippen molar-refractivity contribution in [2.24, 2.45) is 0 Å². The molecule has 0 radical (unpaired) electrons. The first-order valence-electron chi connectivity index (χ1n) is 6.17. The van der Waals surface area contributed by atoms with Crippen molar-refractivity contribution in [1.82, 2.24) is 14.9 Å². The number of β-amino-alcohol motifs (C(OH)–C–C–N with tert-alkyl or cyclic N) is 1. The largest absolute Gasteiger partial charge is 0.390 e. The minimum Gasteiger partial charge on any atom is -0.390 e. The number of nitrogens with zero attached hydrogens (tertiary/aromatic N) is 2. The highest BCUT2D eigenvalue weighted by Gasteiger charge is 2.14. The van der Waals surface area contributed by atoms with Crippen LogP contribution in [-0.4, -0.2) is 32.8 Å². The smallest absolute Gasteiger partial charge is 0.348 e. The van der Waals surface area contributed by atoms with Crippen LogP contribution in [-0.2, 0) is 6.54 Å². The molecule has 0 amide bonds. The third kappa shape index (κ3) is 4.58. The highest BCUT2D eigenvalue weighted by molar-refractivity contribution is 5.06. The Labute approximate surface area is 108 Å². The molecule has 5 heteroatoms. The van der Waals surface area contributed by atoms with Crippen molar-refractivity contribution in [2.45, 2.75) is 52.8 Å². The van der Waals surface area contributed by atoms with Crippen LogP contribution in [0.2, 0.25) is 0 Å². The van der Waals surface area contributed by atoms with Gasteiger partial charge in [0.2, 0.25) is 0 Å². The molecule has 1 aromatic heterocycles. The number of rotatable bonds is 4. The monoisotopic (exact) mass is 253 g/mol. The second kappa shape index (κ2) is 5.63. The Kier molecular flexibility index (Phi) is 4.65. The van der Waals surface area contributed by atoms with E-state index in [0.717, 1.165) is 5.69 Å². The molecule has 18 heavy (non-hydrogen) atoms. The van der Waals surface area contributed by atoms with Gasteiger partial charge in [-0.05, 0) is 40.7 Å². The Morgan fingerprint density at radius 3 is 2.56 bits per heavy atom. The van der Waals surface area contributed by atoms with Gasteiger partial charge >= 0.3 is 5.69 Å². The summed E-state index contributed by atoms with van der Waals surface area (Å²) in [5.41, 5.74) is 1.17. The van der Waals surface area contributed by atoms with E-state index < -0.39 is 6.10 Å². The van der Waals surface area contributed by atoms with Crippen molar-refractivity contribution in [2.75, 3.05) is 6.54 Å². The lowest BCUT2D eigenvalue weighted by atomic mass is 10.1. The molecule has 0 spiro atoms. The van der Waals surface area contributed by atoms with Gasteiger partial charge in [0.05, 0.1) is 12.6 Å². The molecule has 0 aliphatic heterocycles. The van der Waals surface area contributed by atoms with Gasteiger partial charge < -0.3 is 10.4 Å². The number of hydrogen-bond donors (Lipinski definition) is 2. The van der Waals surface area contributed by atoms with E-state index >= 15 is 0 Å². The Morgan fingerprint density at radius 1 is 1.44 bits per heavy atom. The van der Waals surface area contributed by atoms with Crippen molar-refractivity contribution < 1.29 is 5.11 Å². The van der Waals surface area contributed by atoms with Crippen molar-refractivity contribution in [1.29, 1.82) is 0 Å². The highest BCUT2D eigenvalue weighted by atomic mass is 16.3. The van der Waals surface area contributed by atoms with Crippen molar-refractivity contribution in [3.8, 4) is 0 Å². The summed E-state index contributed by atoms with van der Waals surface area (Å²) in [6.07, 6.45) is -0.606. The average molecular weight is 253 g/mol.